The first kappa shape index (κ1) is 12.7. The van der Waals surface area contributed by atoms with Crippen LogP contribution in [0, 0.1) is 15.9 Å². The maximum absolute atomic E-state index is 13.3. The molecule has 2 rings (SSSR count). The number of nitro groups is 1. The maximum Gasteiger partial charge on any atom is 0.304 e. The second kappa shape index (κ2) is 5.25. The smallest absolute Gasteiger partial charge is 0.304 e. The van der Waals surface area contributed by atoms with Crippen LogP contribution >= 0.6 is 0 Å². The predicted octanol–water partition coefficient (Wildman–Crippen LogP) is 1.39. The number of rotatable bonds is 4. The van der Waals surface area contributed by atoms with Gasteiger partial charge in [-0.3, -0.25) is 20.0 Å². The molecule has 19 heavy (non-hydrogen) atoms. The lowest BCUT2D eigenvalue weighted by Gasteiger charge is -2.03. The first-order valence-corrected chi connectivity index (χ1v) is 5.27. The van der Waals surface area contributed by atoms with E-state index >= 15 is 0 Å². The van der Waals surface area contributed by atoms with E-state index in [0.717, 1.165) is 17.7 Å². The highest BCUT2D eigenvalue weighted by atomic mass is 19.1. The lowest BCUT2D eigenvalue weighted by molar-refractivity contribution is -0.387. The lowest BCUT2D eigenvalue weighted by atomic mass is 10.2. The number of nitro benzene ring substituents is 1. The largest absolute Gasteiger partial charge is 0.348 e. The van der Waals surface area contributed by atoms with Gasteiger partial charge in [0.2, 0.25) is 5.82 Å². The summed E-state index contributed by atoms with van der Waals surface area (Å²) in [5, 5.41) is 19.3. The second-order valence-electron chi connectivity index (χ2n) is 3.71. The number of aromatic amines is 1. The van der Waals surface area contributed by atoms with Gasteiger partial charge in [0.1, 0.15) is 0 Å². The van der Waals surface area contributed by atoms with Crippen LogP contribution in [0.25, 0.3) is 0 Å². The third kappa shape index (κ3) is 2.92. The van der Waals surface area contributed by atoms with Gasteiger partial charge < -0.3 is 5.32 Å². The molecule has 0 saturated carbocycles. The van der Waals surface area contributed by atoms with Gasteiger partial charge in [-0.05, 0) is 12.1 Å². The zero-order valence-electron chi connectivity index (χ0n) is 9.59. The summed E-state index contributed by atoms with van der Waals surface area (Å²) in [6, 6.07) is 3.00. The van der Waals surface area contributed by atoms with E-state index in [1.165, 1.54) is 12.3 Å². The highest BCUT2D eigenvalue weighted by molar-refractivity contribution is 5.94. The molecule has 2 N–H and O–H groups in total. The van der Waals surface area contributed by atoms with Crippen molar-refractivity contribution in [3.63, 3.8) is 0 Å². The van der Waals surface area contributed by atoms with Crippen LogP contribution in [0.15, 0.2) is 30.6 Å². The Morgan fingerprint density at radius 2 is 2.32 bits per heavy atom. The minimum absolute atomic E-state index is 0.0200. The van der Waals surface area contributed by atoms with Gasteiger partial charge in [-0.1, -0.05) is 0 Å². The number of amides is 1. The Kier molecular flexibility index (Phi) is 3.51. The summed E-state index contributed by atoms with van der Waals surface area (Å²) in [6.45, 7) is 0.230. The normalized spacial score (nSPS) is 10.2. The first-order valence-electron chi connectivity index (χ1n) is 5.27. The summed E-state index contributed by atoms with van der Waals surface area (Å²) in [6.07, 6.45) is 3.15. The average Bonchev–Trinajstić information content (AvgIpc) is 2.88. The molecule has 0 saturated heterocycles. The topological polar surface area (TPSA) is 101 Å². The number of carbonyl (C=O) groups excluding carboxylic acids is 1. The average molecular weight is 264 g/mol. The minimum Gasteiger partial charge on any atom is -0.348 e. The van der Waals surface area contributed by atoms with Gasteiger partial charge in [-0.2, -0.15) is 9.49 Å². The fourth-order valence-electron chi connectivity index (χ4n) is 1.45. The quantitative estimate of drug-likeness (QED) is 0.643. The van der Waals surface area contributed by atoms with E-state index in [1.54, 1.807) is 6.20 Å². The fraction of sp³-hybridized carbons (Fsp3) is 0.0909. The van der Waals surface area contributed by atoms with Crippen molar-refractivity contribution in [2.24, 2.45) is 0 Å². The fourth-order valence-corrected chi connectivity index (χ4v) is 1.45. The highest BCUT2D eigenvalue weighted by Crippen LogP contribution is 2.17. The van der Waals surface area contributed by atoms with Crippen LogP contribution in [-0.2, 0) is 6.54 Å². The second-order valence-corrected chi connectivity index (χ2v) is 3.71. The van der Waals surface area contributed by atoms with Crippen molar-refractivity contribution in [1.29, 1.82) is 0 Å². The van der Waals surface area contributed by atoms with Gasteiger partial charge in [0.25, 0.3) is 5.91 Å². The number of carbonyl (C=O) groups is 1. The summed E-state index contributed by atoms with van der Waals surface area (Å²) in [5.74, 6) is -1.56. The van der Waals surface area contributed by atoms with Crippen LogP contribution in [0.2, 0.25) is 0 Å². The van der Waals surface area contributed by atoms with Crippen molar-refractivity contribution in [2.45, 2.75) is 6.54 Å². The van der Waals surface area contributed by atoms with Crippen molar-refractivity contribution in [1.82, 2.24) is 15.5 Å². The summed E-state index contributed by atoms with van der Waals surface area (Å²) in [5.41, 5.74) is 0.119. The molecule has 0 radical (unpaired) electrons. The number of aromatic nitrogens is 2. The Labute approximate surface area is 106 Å². The monoisotopic (exact) mass is 264 g/mol. The maximum atomic E-state index is 13.3. The molecule has 1 aromatic heterocycles. The van der Waals surface area contributed by atoms with Gasteiger partial charge in [-0.15, -0.1) is 0 Å². The Hall–Kier alpha value is -2.77. The molecule has 8 heteroatoms. The molecule has 0 fully saturated rings. The van der Waals surface area contributed by atoms with Crippen molar-refractivity contribution >= 4 is 11.6 Å². The predicted molar refractivity (Wildman–Crippen MR) is 62.8 cm³/mol. The van der Waals surface area contributed by atoms with Gasteiger partial charge in [0.15, 0.2) is 0 Å². The number of halogens is 1. The van der Waals surface area contributed by atoms with Crippen molar-refractivity contribution < 1.29 is 14.1 Å². The molecule has 7 nitrogen and oxygen atoms in total. The molecule has 2 aromatic rings. The third-order valence-corrected chi connectivity index (χ3v) is 2.41. The van der Waals surface area contributed by atoms with E-state index < -0.39 is 22.3 Å². The van der Waals surface area contributed by atoms with E-state index in [9.17, 15) is 19.3 Å². The molecule has 1 amide bonds. The van der Waals surface area contributed by atoms with Crippen LogP contribution in [0.4, 0.5) is 10.1 Å². The summed E-state index contributed by atoms with van der Waals surface area (Å²) in [7, 11) is 0. The van der Waals surface area contributed by atoms with E-state index in [0.29, 0.717) is 0 Å². The van der Waals surface area contributed by atoms with Crippen LogP contribution in [0.5, 0.6) is 0 Å². The van der Waals surface area contributed by atoms with Crippen LogP contribution in [0.3, 0.4) is 0 Å². The molecule has 1 heterocycles. The number of nitrogens with zero attached hydrogens (tertiary/aromatic N) is 2. The molecule has 0 atom stereocenters. The Balaban J connectivity index is 2.07. The van der Waals surface area contributed by atoms with Crippen LogP contribution in [0.1, 0.15) is 15.9 Å². The van der Waals surface area contributed by atoms with Crippen LogP contribution < -0.4 is 5.32 Å². The lowest BCUT2D eigenvalue weighted by Crippen LogP contribution is -2.22. The number of hydrogen-bond donors (Lipinski definition) is 2. The molecule has 1 aromatic carbocycles. The summed E-state index contributed by atoms with van der Waals surface area (Å²) < 4.78 is 13.3. The SMILES string of the molecule is O=C(NCc1cn[nH]c1)c1ccc([N+](=O)[O-])c(F)c1. The van der Waals surface area contributed by atoms with Crippen molar-refractivity contribution in [3.8, 4) is 0 Å². The molecule has 0 aliphatic carbocycles. The minimum atomic E-state index is -1.04. The van der Waals surface area contributed by atoms with Crippen molar-refractivity contribution in [3.05, 3.63) is 57.7 Å². The Bertz CT molecular complexity index is 612. The molecular formula is C11H9FN4O3. The summed E-state index contributed by atoms with van der Waals surface area (Å²) >= 11 is 0. The molecule has 0 spiro atoms. The van der Waals surface area contributed by atoms with Gasteiger partial charge >= 0.3 is 5.69 Å². The van der Waals surface area contributed by atoms with E-state index in [1.807, 2.05) is 0 Å². The van der Waals surface area contributed by atoms with Gasteiger partial charge in [0, 0.05) is 29.9 Å². The molecule has 0 unspecified atom stereocenters. The Morgan fingerprint density at radius 3 is 2.89 bits per heavy atom. The zero-order valence-corrected chi connectivity index (χ0v) is 9.59. The number of H-pyrrole nitrogens is 1. The van der Waals surface area contributed by atoms with E-state index in [-0.39, 0.29) is 12.1 Å². The van der Waals surface area contributed by atoms with E-state index in [2.05, 4.69) is 15.5 Å². The molecule has 98 valence electrons. The highest BCUT2D eigenvalue weighted by Gasteiger charge is 2.16. The molecule has 0 aliphatic rings. The van der Waals surface area contributed by atoms with Crippen molar-refractivity contribution in [2.75, 3.05) is 0 Å². The van der Waals surface area contributed by atoms with Crippen LogP contribution in [-0.4, -0.2) is 21.0 Å². The number of benzene rings is 1. The number of nitrogens with one attached hydrogen (secondary N) is 2. The molecule has 0 aliphatic heterocycles. The summed E-state index contributed by atoms with van der Waals surface area (Å²) in [4.78, 5) is 21.3. The van der Waals surface area contributed by atoms with Gasteiger partial charge in [0.05, 0.1) is 11.1 Å². The van der Waals surface area contributed by atoms with E-state index in [4.69, 9.17) is 0 Å². The first-order chi connectivity index (χ1) is 9.08. The third-order valence-electron chi connectivity index (χ3n) is 2.41. The van der Waals surface area contributed by atoms with Gasteiger partial charge in [-0.25, -0.2) is 0 Å². The standard InChI is InChI=1S/C11H9FN4O3/c12-9-3-8(1-2-10(9)16(18)19)11(17)13-4-7-5-14-15-6-7/h1-3,5-6H,4H2,(H,13,17)(H,14,15). The Morgan fingerprint density at radius 1 is 1.53 bits per heavy atom. The zero-order chi connectivity index (χ0) is 13.8. The molecule has 0 bridgehead atoms. The molecular weight excluding hydrogens is 255 g/mol. The number of hydrogen-bond acceptors (Lipinski definition) is 4.